The van der Waals surface area contributed by atoms with Crippen LogP contribution in [-0.2, 0) is 14.6 Å². The molecule has 4 rings (SSSR count). The third-order valence-electron chi connectivity index (χ3n) is 5.98. The van der Waals surface area contributed by atoms with Gasteiger partial charge in [0, 0.05) is 11.6 Å². The van der Waals surface area contributed by atoms with Gasteiger partial charge >= 0.3 is 5.97 Å². The lowest BCUT2D eigenvalue weighted by atomic mass is 10.2. The number of benzene rings is 3. The van der Waals surface area contributed by atoms with Crippen molar-refractivity contribution in [2.24, 2.45) is 0 Å². The van der Waals surface area contributed by atoms with Crippen LogP contribution in [0.5, 0.6) is 11.5 Å². The van der Waals surface area contributed by atoms with Gasteiger partial charge in [0.25, 0.3) is 0 Å². The molecular formula is C28H31N4O6S+. The summed E-state index contributed by atoms with van der Waals surface area (Å²) in [6.07, 6.45) is 1.63. The summed E-state index contributed by atoms with van der Waals surface area (Å²) in [7, 11) is 5.16. The van der Waals surface area contributed by atoms with Crippen LogP contribution in [0.15, 0.2) is 82.7 Å². The summed E-state index contributed by atoms with van der Waals surface area (Å²) in [4.78, 5) is 12.5. The Morgan fingerprint density at radius 3 is 2.33 bits per heavy atom. The van der Waals surface area contributed by atoms with Gasteiger partial charge in [0.2, 0.25) is 9.84 Å². The summed E-state index contributed by atoms with van der Waals surface area (Å²) >= 11 is 0. The highest BCUT2D eigenvalue weighted by Gasteiger charge is 2.24. The largest absolute Gasteiger partial charge is 0.497 e. The fourth-order valence-corrected chi connectivity index (χ4v) is 5.25. The van der Waals surface area contributed by atoms with Crippen LogP contribution in [0.4, 0.5) is 0 Å². The summed E-state index contributed by atoms with van der Waals surface area (Å²) < 4.78 is 45.5. The van der Waals surface area contributed by atoms with Crippen LogP contribution in [-0.4, -0.2) is 82.4 Å². The molecule has 0 aliphatic rings. The molecule has 0 spiro atoms. The van der Waals surface area contributed by atoms with E-state index in [4.69, 9.17) is 14.2 Å². The predicted octanol–water partition coefficient (Wildman–Crippen LogP) is 3.65. The topological polar surface area (TPSA) is 110 Å². The number of methoxy groups -OCH3 is 2. The van der Waals surface area contributed by atoms with E-state index in [1.54, 1.807) is 49.7 Å². The first-order valence-electron chi connectivity index (χ1n) is 12.1. The van der Waals surface area contributed by atoms with Gasteiger partial charge in [-0.05, 0) is 42.5 Å². The maximum absolute atomic E-state index is 13.6. The first kappa shape index (κ1) is 27.8. The molecule has 0 radical (unpaired) electrons. The number of hydrogen-bond donors (Lipinski definition) is 0. The Morgan fingerprint density at radius 1 is 0.949 bits per heavy atom. The number of aromatic nitrogens is 3. The summed E-state index contributed by atoms with van der Waals surface area (Å²) in [5, 5.41) is 8.42. The number of rotatable bonds is 10. The van der Waals surface area contributed by atoms with Crippen LogP contribution in [0.2, 0.25) is 0 Å². The lowest BCUT2D eigenvalue weighted by Gasteiger charge is -2.23. The van der Waals surface area contributed by atoms with Crippen molar-refractivity contribution in [2.75, 3.05) is 48.5 Å². The van der Waals surface area contributed by atoms with E-state index in [1.165, 1.54) is 42.1 Å². The Bertz CT molecular complexity index is 1570. The molecule has 0 aliphatic heterocycles. The van der Waals surface area contributed by atoms with E-state index < -0.39 is 15.8 Å². The molecule has 39 heavy (non-hydrogen) atoms. The average molecular weight is 552 g/mol. The molecule has 4 aromatic rings. The number of ether oxygens (including phenoxy) is 3. The highest BCUT2D eigenvalue weighted by molar-refractivity contribution is 7.91. The third-order valence-corrected chi connectivity index (χ3v) is 7.80. The molecule has 0 saturated heterocycles. The highest BCUT2D eigenvalue weighted by Crippen LogP contribution is 2.32. The molecule has 11 heteroatoms. The van der Waals surface area contributed by atoms with Gasteiger partial charge in [-0.1, -0.05) is 23.4 Å². The lowest BCUT2D eigenvalue weighted by molar-refractivity contribution is -0.870. The van der Waals surface area contributed by atoms with Crippen LogP contribution in [0.1, 0.15) is 10.4 Å². The molecule has 1 aromatic heterocycles. The van der Waals surface area contributed by atoms with E-state index in [0.29, 0.717) is 39.5 Å². The summed E-state index contributed by atoms with van der Waals surface area (Å²) in [5.74, 6) is 0.636. The Morgan fingerprint density at radius 2 is 1.67 bits per heavy atom. The number of likely N-dealkylation sites (N-methyl/N-ethyl adjacent to an activating group) is 1. The standard InChI is InChI=1S/C28H31N4O6S/c1-32(2,3)16-17-38-28(33)20-10-13-22(14-11-20)39(34,35)27-9-7-6-8-23(27)24-19-31(30-29-24)25-15-12-21(36-4)18-26(25)37-5/h6-15,18-19H,16-17H2,1-5H3/q+1. The second-order valence-electron chi connectivity index (χ2n) is 9.76. The monoisotopic (exact) mass is 551 g/mol. The minimum Gasteiger partial charge on any atom is -0.497 e. The van der Waals surface area contributed by atoms with Gasteiger partial charge in [0.05, 0.1) is 56.9 Å². The Balaban J connectivity index is 1.61. The van der Waals surface area contributed by atoms with Gasteiger partial charge in [-0.2, -0.15) is 0 Å². The van der Waals surface area contributed by atoms with E-state index in [2.05, 4.69) is 10.3 Å². The molecule has 0 bridgehead atoms. The summed E-state index contributed by atoms with van der Waals surface area (Å²) in [6, 6.07) is 17.5. The quantitative estimate of drug-likeness (QED) is 0.217. The first-order chi connectivity index (χ1) is 18.5. The van der Waals surface area contributed by atoms with E-state index in [1.807, 2.05) is 21.1 Å². The second-order valence-corrected chi connectivity index (χ2v) is 11.7. The van der Waals surface area contributed by atoms with Crippen molar-refractivity contribution in [3.8, 4) is 28.4 Å². The maximum Gasteiger partial charge on any atom is 0.338 e. The van der Waals surface area contributed by atoms with Crippen molar-refractivity contribution >= 4 is 15.8 Å². The molecule has 0 saturated carbocycles. The lowest BCUT2D eigenvalue weighted by Crippen LogP contribution is -2.38. The van der Waals surface area contributed by atoms with Crippen molar-refractivity contribution in [2.45, 2.75) is 9.79 Å². The van der Waals surface area contributed by atoms with Gasteiger partial charge in [-0.15, -0.1) is 5.10 Å². The van der Waals surface area contributed by atoms with Gasteiger partial charge < -0.3 is 18.7 Å². The number of carbonyl (C=O) groups is 1. The summed E-state index contributed by atoms with van der Waals surface area (Å²) in [6.45, 7) is 0.920. The van der Waals surface area contributed by atoms with Crippen LogP contribution >= 0.6 is 0 Å². The molecule has 0 fully saturated rings. The first-order valence-corrected chi connectivity index (χ1v) is 13.6. The van der Waals surface area contributed by atoms with Crippen molar-refractivity contribution in [1.82, 2.24) is 15.0 Å². The molecule has 3 aromatic carbocycles. The molecule has 204 valence electrons. The molecule has 0 amide bonds. The minimum absolute atomic E-state index is 0.0436. The zero-order valence-electron chi connectivity index (χ0n) is 22.5. The normalized spacial score (nSPS) is 11.7. The fraction of sp³-hybridized carbons (Fsp3) is 0.250. The van der Waals surface area contributed by atoms with Gasteiger partial charge in [-0.3, -0.25) is 0 Å². The minimum atomic E-state index is -3.95. The van der Waals surface area contributed by atoms with Crippen LogP contribution in [0.25, 0.3) is 16.9 Å². The van der Waals surface area contributed by atoms with E-state index >= 15 is 0 Å². The van der Waals surface area contributed by atoms with Crippen LogP contribution in [0, 0.1) is 0 Å². The highest BCUT2D eigenvalue weighted by atomic mass is 32.2. The average Bonchev–Trinajstić information content (AvgIpc) is 3.42. The second kappa shape index (κ2) is 11.3. The number of esters is 1. The fourth-order valence-electron chi connectivity index (χ4n) is 3.78. The third kappa shape index (κ3) is 6.27. The van der Waals surface area contributed by atoms with Crippen molar-refractivity contribution in [3.63, 3.8) is 0 Å². The molecule has 0 N–H and O–H groups in total. The van der Waals surface area contributed by atoms with E-state index in [0.717, 1.165) is 0 Å². The summed E-state index contributed by atoms with van der Waals surface area (Å²) in [5.41, 5.74) is 1.64. The number of nitrogens with zero attached hydrogens (tertiary/aromatic N) is 4. The van der Waals surface area contributed by atoms with Gasteiger partial charge in [0.15, 0.2) is 0 Å². The zero-order valence-corrected chi connectivity index (χ0v) is 23.3. The van der Waals surface area contributed by atoms with Gasteiger partial charge in [-0.25, -0.2) is 17.9 Å². The van der Waals surface area contributed by atoms with Crippen molar-refractivity contribution in [1.29, 1.82) is 0 Å². The smallest absolute Gasteiger partial charge is 0.338 e. The van der Waals surface area contributed by atoms with Gasteiger partial charge in [0.1, 0.15) is 36.0 Å². The van der Waals surface area contributed by atoms with E-state index in [9.17, 15) is 13.2 Å². The number of sulfone groups is 1. The Kier molecular flexibility index (Phi) is 8.03. The molecule has 0 aliphatic carbocycles. The SMILES string of the molecule is COc1ccc(-n2cc(-c3ccccc3S(=O)(=O)c3ccc(C(=O)OCC[N+](C)(C)C)cc3)nn2)c(OC)c1. The predicted molar refractivity (Wildman–Crippen MR) is 145 cm³/mol. The zero-order chi connectivity index (χ0) is 28.2. The number of carbonyl (C=O) groups excluding carboxylic acids is 1. The molecule has 1 heterocycles. The van der Waals surface area contributed by atoms with Crippen LogP contribution < -0.4 is 9.47 Å². The maximum atomic E-state index is 13.6. The number of quaternary nitrogens is 1. The molecular weight excluding hydrogens is 520 g/mol. The molecule has 10 nitrogen and oxygen atoms in total. The van der Waals surface area contributed by atoms with Crippen LogP contribution in [0.3, 0.4) is 0 Å². The van der Waals surface area contributed by atoms with E-state index in [-0.39, 0.29) is 22.0 Å². The number of hydrogen-bond acceptors (Lipinski definition) is 8. The van der Waals surface area contributed by atoms with Crippen molar-refractivity contribution in [3.05, 3.63) is 78.5 Å². The Labute approximate surface area is 227 Å². The Hall–Kier alpha value is -4.22. The van der Waals surface area contributed by atoms with Crippen molar-refractivity contribution < 1.29 is 31.9 Å². The molecule has 0 atom stereocenters. The molecule has 0 unspecified atom stereocenters.